The predicted molar refractivity (Wildman–Crippen MR) is 99.4 cm³/mol. The maximum Gasteiger partial charge on any atom is 0.194 e. The molecule has 1 aromatic heterocycles. The van der Waals surface area contributed by atoms with E-state index in [-0.39, 0.29) is 5.78 Å². The molecule has 0 saturated heterocycles. The number of alkyl halides is 2. The van der Waals surface area contributed by atoms with Crippen LogP contribution in [0.1, 0.15) is 32.9 Å². The van der Waals surface area contributed by atoms with Crippen molar-refractivity contribution in [2.24, 2.45) is 0 Å². The fraction of sp³-hybridized carbons (Fsp3) is 0.111. The van der Waals surface area contributed by atoms with E-state index in [2.05, 4.69) is 47.9 Å². The molecule has 2 aromatic carbocycles. The second-order valence-corrected chi connectivity index (χ2v) is 6.20. The van der Waals surface area contributed by atoms with Crippen LogP contribution in [0.2, 0.25) is 0 Å². The van der Waals surface area contributed by atoms with Gasteiger partial charge >= 0.3 is 0 Å². The highest BCUT2D eigenvalue weighted by atomic mass is 79.9. The van der Waals surface area contributed by atoms with E-state index in [0.29, 0.717) is 38.4 Å². The second kappa shape index (κ2) is 7.20. The maximum absolute atomic E-state index is 12.7. The standard InChI is InChI=1S/C18H11Br2N3O/c19-8-16-17(9-20)23-15-7-13(12(10-21)6-14(15)22-16)18(24)11-4-2-1-3-5-11/h1-7H,8-9H2. The Morgan fingerprint density at radius 2 is 1.58 bits per heavy atom. The van der Waals surface area contributed by atoms with Crippen LogP contribution in [-0.2, 0) is 10.7 Å². The summed E-state index contributed by atoms with van der Waals surface area (Å²) in [6, 6.07) is 14.3. The third-order valence-electron chi connectivity index (χ3n) is 3.61. The van der Waals surface area contributed by atoms with Crippen molar-refractivity contribution in [3.63, 3.8) is 0 Å². The lowest BCUT2D eigenvalue weighted by atomic mass is 9.98. The van der Waals surface area contributed by atoms with E-state index in [9.17, 15) is 10.1 Å². The number of carbonyl (C=O) groups is 1. The number of benzene rings is 2. The highest BCUT2D eigenvalue weighted by Gasteiger charge is 2.17. The SMILES string of the molecule is N#Cc1cc2nc(CBr)c(CBr)nc2cc1C(=O)c1ccccc1. The quantitative estimate of drug-likeness (QED) is 0.438. The lowest BCUT2D eigenvalue weighted by Gasteiger charge is -2.09. The third kappa shape index (κ3) is 3.10. The lowest BCUT2D eigenvalue weighted by Crippen LogP contribution is -2.06. The van der Waals surface area contributed by atoms with Gasteiger partial charge in [-0.2, -0.15) is 5.26 Å². The van der Waals surface area contributed by atoms with Gasteiger partial charge in [-0.15, -0.1) is 0 Å². The van der Waals surface area contributed by atoms with Crippen LogP contribution in [0.25, 0.3) is 11.0 Å². The molecule has 0 aliphatic heterocycles. The zero-order valence-electron chi connectivity index (χ0n) is 12.5. The van der Waals surface area contributed by atoms with Gasteiger partial charge in [0.05, 0.1) is 34.1 Å². The summed E-state index contributed by atoms with van der Waals surface area (Å²) in [5, 5.41) is 10.6. The van der Waals surface area contributed by atoms with Crippen molar-refractivity contribution in [2.75, 3.05) is 0 Å². The summed E-state index contributed by atoms with van der Waals surface area (Å²) >= 11 is 6.80. The number of fused-ring (bicyclic) bond motifs is 1. The summed E-state index contributed by atoms with van der Waals surface area (Å²) < 4.78 is 0. The van der Waals surface area contributed by atoms with Crippen LogP contribution < -0.4 is 0 Å². The first-order valence-electron chi connectivity index (χ1n) is 7.13. The van der Waals surface area contributed by atoms with Gasteiger partial charge in [0.1, 0.15) is 0 Å². The van der Waals surface area contributed by atoms with Gasteiger partial charge in [0.15, 0.2) is 5.78 Å². The summed E-state index contributed by atoms with van der Waals surface area (Å²) in [5.74, 6) is -0.194. The van der Waals surface area contributed by atoms with Gasteiger partial charge in [-0.3, -0.25) is 4.79 Å². The Hall–Kier alpha value is -2.10. The molecule has 24 heavy (non-hydrogen) atoms. The molecule has 0 bridgehead atoms. The van der Waals surface area contributed by atoms with Gasteiger partial charge in [-0.05, 0) is 12.1 Å². The van der Waals surface area contributed by atoms with Crippen LogP contribution in [0.4, 0.5) is 0 Å². The molecule has 0 aliphatic rings. The van der Waals surface area contributed by atoms with Crippen LogP contribution in [0, 0.1) is 11.3 Å². The smallest absolute Gasteiger partial charge is 0.194 e. The summed E-state index contributed by atoms with van der Waals surface area (Å²) in [6.45, 7) is 0. The van der Waals surface area contributed by atoms with Crippen molar-refractivity contribution in [3.8, 4) is 6.07 Å². The number of rotatable bonds is 4. The average Bonchev–Trinajstić information content (AvgIpc) is 2.65. The molecule has 0 radical (unpaired) electrons. The number of halogens is 2. The fourth-order valence-electron chi connectivity index (χ4n) is 2.42. The minimum absolute atomic E-state index is 0.194. The monoisotopic (exact) mass is 443 g/mol. The summed E-state index contributed by atoms with van der Waals surface area (Å²) in [7, 11) is 0. The van der Waals surface area contributed by atoms with E-state index >= 15 is 0 Å². The Morgan fingerprint density at radius 1 is 1.00 bits per heavy atom. The van der Waals surface area contributed by atoms with Gasteiger partial charge in [0.2, 0.25) is 0 Å². The van der Waals surface area contributed by atoms with Gasteiger partial charge in [-0.1, -0.05) is 62.2 Å². The molecule has 0 spiro atoms. The van der Waals surface area contributed by atoms with E-state index in [1.54, 1.807) is 36.4 Å². The number of nitriles is 1. The largest absolute Gasteiger partial charge is 0.289 e. The van der Waals surface area contributed by atoms with E-state index in [4.69, 9.17) is 0 Å². The number of hydrogen-bond acceptors (Lipinski definition) is 4. The molecule has 0 unspecified atom stereocenters. The van der Waals surface area contributed by atoms with Crippen molar-refractivity contribution < 1.29 is 4.79 Å². The average molecular weight is 445 g/mol. The molecular weight excluding hydrogens is 434 g/mol. The first-order valence-corrected chi connectivity index (χ1v) is 9.37. The summed E-state index contributed by atoms with van der Waals surface area (Å²) in [6.07, 6.45) is 0. The number of aromatic nitrogens is 2. The number of ketones is 1. The molecule has 118 valence electrons. The van der Waals surface area contributed by atoms with Crippen molar-refractivity contribution in [3.05, 3.63) is 70.5 Å². The third-order valence-corrected chi connectivity index (χ3v) is 4.68. The van der Waals surface area contributed by atoms with Crippen LogP contribution in [0.3, 0.4) is 0 Å². The molecule has 0 N–H and O–H groups in total. The van der Waals surface area contributed by atoms with Crippen LogP contribution in [-0.4, -0.2) is 15.8 Å². The molecule has 3 aromatic rings. The Bertz CT molecular complexity index is 965. The van der Waals surface area contributed by atoms with Crippen molar-refractivity contribution in [1.29, 1.82) is 5.26 Å². The minimum Gasteiger partial charge on any atom is -0.289 e. The fourth-order valence-corrected chi connectivity index (χ4v) is 3.31. The normalized spacial score (nSPS) is 10.5. The summed E-state index contributed by atoms with van der Waals surface area (Å²) in [4.78, 5) is 21.9. The van der Waals surface area contributed by atoms with Crippen LogP contribution >= 0.6 is 31.9 Å². The molecule has 6 heteroatoms. The van der Waals surface area contributed by atoms with E-state index in [0.717, 1.165) is 11.4 Å². The molecule has 0 amide bonds. The maximum atomic E-state index is 12.7. The molecule has 1 heterocycles. The first kappa shape index (κ1) is 16.7. The highest BCUT2D eigenvalue weighted by molar-refractivity contribution is 9.09. The second-order valence-electron chi connectivity index (χ2n) is 5.08. The number of hydrogen-bond donors (Lipinski definition) is 0. The molecule has 0 saturated carbocycles. The molecule has 0 fully saturated rings. The van der Waals surface area contributed by atoms with Crippen LogP contribution in [0.5, 0.6) is 0 Å². The minimum atomic E-state index is -0.194. The van der Waals surface area contributed by atoms with E-state index in [1.807, 2.05) is 6.07 Å². The molecule has 3 rings (SSSR count). The predicted octanol–water partition coefficient (Wildman–Crippen LogP) is 4.52. The van der Waals surface area contributed by atoms with Crippen molar-refractivity contribution >= 4 is 48.7 Å². The first-order chi connectivity index (χ1) is 11.7. The summed E-state index contributed by atoms with van der Waals surface area (Å²) in [5.41, 5.74) is 4.02. The molecule has 0 atom stereocenters. The van der Waals surface area contributed by atoms with Gasteiger partial charge < -0.3 is 0 Å². The van der Waals surface area contributed by atoms with E-state index < -0.39 is 0 Å². The number of carbonyl (C=O) groups excluding carboxylic acids is 1. The van der Waals surface area contributed by atoms with Gasteiger partial charge in [0, 0.05) is 21.8 Å². The van der Waals surface area contributed by atoms with Gasteiger partial charge in [0.25, 0.3) is 0 Å². The zero-order chi connectivity index (χ0) is 17.1. The topological polar surface area (TPSA) is 66.6 Å². The number of nitrogens with zero attached hydrogens (tertiary/aromatic N) is 3. The molecule has 0 aliphatic carbocycles. The van der Waals surface area contributed by atoms with Crippen molar-refractivity contribution in [1.82, 2.24) is 9.97 Å². The highest BCUT2D eigenvalue weighted by Crippen LogP contribution is 2.23. The Balaban J connectivity index is 2.21. The zero-order valence-corrected chi connectivity index (χ0v) is 15.6. The van der Waals surface area contributed by atoms with E-state index in [1.165, 1.54) is 0 Å². The Morgan fingerprint density at radius 3 is 2.12 bits per heavy atom. The van der Waals surface area contributed by atoms with Crippen molar-refractivity contribution in [2.45, 2.75) is 10.7 Å². The lowest BCUT2D eigenvalue weighted by molar-refractivity contribution is 0.103. The van der Waals surface area contributed by atoms with Gasteiger partial charge in [-0.25, -0.2) is 9.97 Å². The molecular formula is C18H11Br2N3O. The Kier molecular flexibility index (Phi) is 5.03. The van der Waals surface area contributed by atoms with Crippen LogP contribution in [0.15, 0.2) is 42.5 Å². The Labute approximate surface area is 155 Å². The molecule has 4 nitrogen and oxygen atoms in total.